The van der Waals surface area contributed by atoms with Gasteiger partial charge < -0.3 is 20.5 Å². The van der Waals surface area contributed by atoms with Gasteiger partial charge in [0.25, 0.3) is 5.91 Å². The molecular weight excluding hydrogens is 374 g/mol. The summed E-state index contributed by atoms with van der Waals surface area (Å²) in [6.45, 7) is 3.08. The van der Waals surface area contributed by atoms with E-state index < -0.39 is 24.4 Å². The summed E-state index contributed by atoms with van der Waals surface area (Å²) in [5, 5.41) is 15.0. The van der Waals surface area contributed by atoms with Crippen LogP contribution in [0.4, 0.5) is 10.5 Å². The van der Waals surface area contributed by atoms with Crippen LogP contribution in [-0.2, 0) is 9.59 Å². The highest BCUT2D eigenvalue weighted by atomic mass is 16.5. The Morgan fingerprint density at radius 2 is 1.79 bits per heavy atom. The number of hydrogen-bond acceptors (Lipinski definition) is 5. The number of rotatable bonds is 5. The molecule has 4 amide bonds. The van der Waals surface area contributed by atoms with Crippen molar-refractivity contribution in [1.82, 2.24) is 10.2 Å². The van der Waals surface area contributed by atoms with Gasteiger partial charge in [0.2, 0.25) is 5.91 Å². The van der Waals surface area contributed by atoms with E-state index in [4.69, 9.17) is 4.74 Å². The van der Waals surface area contributed by atoms with Crippen LogP contribution >= 0.6 is 0 Å². The summed E-state index contributed by atoms with van der Waals surface area (Å²) >= 11 is 0. The Bertz CT molecular complexity index is 988. The van der Waals surface area contributed by atoms with Gasteiger partial charge in [0.05, 0.1) is 7.11 Å². The number of ether oxygens (including phenoxy) is 1. The molecule has 0 spiro atoms. The maximum atomic E-state index is 12.6. The molecular formula is C21H21N3O5. The van der Waals surface area contributed by atoms with Crippen molar-refractivity contribution in [3.8, 4) is 11.5 Å². The summed E-state index contributed by atoms with van der Waals surface area (Å²) in [5.41, 5.74) is 2.56. The van der Waals surface area contributed by atoms with Crippen LogP contribution < -0.4 is 15.4 Å². The number of phenols is 1. The van der Waals surface area contributed by atoms with Gasteiger partial charge in [-0.15, -0.1) is 0 Å². The average molecular weight is 395 g/mol. The zero-order chi connectivity index (χ0) is 21.1. The molecule has 0 unspecified atom stereocenters. The molecule has 0 aromatic heterocycles. The number of phenolic OH excluding ortho intramolecular Hbond substituents is 1. The Morgan fingerprint density at radius 1 is 1.17 bits per heavy atom. The molecule has 1 aliphatic rings. The van der Waals surface area contributed by atoms with Crippen LogP contribution in [0.1, 0.15) is 16.7 Å². The molecule has 8 nitrogen and oxygen atoms in total. The van der Waals surface area contributed by atoms with Crippen LogP contribution in [0.3, 0.4) is 0 Å². The van der Waals surface area contributed by atoms with Crippen LogP contribution in [0.2, 0.25) is 0 Å². The molecule has 1 saturated heterocycles. The van der Waals surface area contributed by atoms with E-state index in [0.717, 1.165) is 4.90 Å². The molecule has 2 aromatic rings. The van der Waals surface area contributed by atoms with Crippen molar-refractivity contribution in [3.63, 3.8) is 0 Å². The second-order valence-corrected chi connectivity index (χ2v) is 6.66. The molecule has 150 valence electrons. The number of urea groups is 1. The normalized spacial score (nSPS) is 14.9. The van der Waals surface area contributed by atoms with E-state index in [1.807, 2.05) is 0 Å². The summed E-state index contributed by atoms with van der Waals surface area (Å²) in [5.74, 6) is -0.267. The maximum absolute atomic E-state index is 12.6. The zero-order valence-electron chi connectivity index (χ0n) is 16.3. The number of carbonyl (C=O) groups excluding carboxylic acids is 3. The Hall–Kier alpha value is -3.81. The summed E-state index contributed by atoms with van der Waals surface area (Å²) in [4.78, 5) is 37.8. The van der Waals surface area contributed by atoms with E-state index in [1.165, 1.54) is 13.2 Å². The second-order valence-electron chi connectivity index (χ2n) is 6.66. The van der Waals surface area contributed by atoms with Crippen molar-refractivity contribution < 1.29 is 24.2 Å². The van der Waals surface area contributed by atoms with E-state index in [9.17, 15) is 19.5 Å². The van der Waals surface area contributed by atoms with Crippen molar-refractivity contribution in [2.75, 3.05) is 19.0 Å². The van der Waals surface area contributed by atoms with Crippen LogP contribution in [0, 0.1) is 13.8 Å². The largest absolute Gasteiger partial charge is 0.507 e. The molecule has 29 heavy (non-hydrogen) atoms. The SMILES string of the molecule is COc1ccc(NC(=O)CN2C(=O)NC(=Cc3cc(C)c(O)c(C)c3)C2=O)cc1. The Balaban J connectivity index is 1.70. The molecule has 0 saturated carbocycles. The minimum absolute atomic E-state index is 0.0664. The first-order valence-electron chi connectivity index (χ1n) is 8.87. The van der Waals surface area contributed by atoms with Crippen LogP contribution in [0.25, 0.3) is 6.08 Å². The van der Waals surface area contributed by atoms with E-state index in [2.05, 4.69) is 10.6 Å². The number of anilines is 1. The van der Waals surface area contributed by atoms with Crippen LogP contribution in [-0.4, -0.2) is 41.5 Å². The van der Waals surface area contributed by atoms with Gasteiger partial charge in [0, 0.05) is 5.69 Å². The van der Waals surface area contributed by atoms with Crippen molar-refractivity contribution in [1.29, 1.82) is 0 Å². The van der Waals surface area contributed by atoms with Gasteiger partial charge >= 0.3 is 6.03 Å². The quantitative estimate of drug-likeness (QED) is 0.533. The van der Waals surface area contributed by atoms with E-state index in [-0.39, 0.29) is 11.4 Å². The predicted molar refractivity (Wildman–Crippen MR) is 107 cm³/mol. The van der Waals surface area contributed by atoms with Gasteiger partial charge in [-0.3, -0.25) is 9.59 Å². The van der Waals surface area contributed by atoms with Gasteiger partial charge in [0.15, 0.2) is 0 Å². The first-order chi connectivity index (χ1) is 13.8. The number of aromatic hydroxyl groups is 1. The van der Waals surface area contributed by atoms with Crippen LogP contribution in [0.15, 0.2) is 42.1 Å². The Morgan fingerprint density at radius 3 is 2.38 bits per heavy atom. The highest BCUT2D eigenvalue weighted by Crippen LogP contribution is 2.25. The lowest BCUT2D eigenvalue weighted by atomic mass is 10.0. The van der Waals surface area contributed by atoms with Gasteiger partial charge in [-0.2, -0.15) is 0 Å². The number of imide groups is 1. The molecule has 3 rings (SSSR count). The smallest absolute Gasteiger partial charge is 0.329 e. The molecule has 8 heteroatoms. The van der Waals surface area contributed by atoms with E-state index in [1.54, 1.807) is 50.2 Å². The first-order valence-corrected chi connectivity index (χ1v) is 8.87. The van der Waals surface area contributed by atoms with Gasteiger partial charge in [-0.05, 0) is 73.0 Å². The number of nitrogens with one attached hydrogen (secondary N) is 2. The number of methoxy groups -OCH3 is 1. The Kier molecular flexibility index (Phi) is 5.54. The number of nitrogens with zero attached hydrogens (tertiary/aromatic N) is 1. The summed E-state index contributed by atoms with van der Waals surface area (Å²) in [7, 11) is 1.54. The monoisotopic (exact) mass is 395 g/mol. The van der Waals surface area contributed by atoms with Gasteiger partial charge in [-0.1, -0.05) is 0 Å². The average Bonchev–Trinajstić information content (AvgIpc) is 2.94. The molecule has 3 N–H and O–H groups in total. The fourth-order valence-corrected chi connectivity index (χ4v) is 2.97. The molecule has 0 aliphatic carbocycles. The third-order valence-corrected chi connectivity index (χ3v) is 4.46. The van der Waals surface area contributed by atoms with E-state index >= 15 is 0 Å². The summed E-state index contributed by atoms with van der Waals surface area (Å²) in [6.07, 6.45) is 1.51. The number of carbonyl (C=O) groups is 3. The van der Waals surface area contributed by atoms with Crippen molar-refractivity contribution in [2.45, 2.75) is 13.8 Å². The highest BCUT2D eigenvalue weighted by Gasteiger charge is 2.34. The van der Waals surface area contributed by atoms with Crippen molar-refractivity contribution in [3.05, 3.63) is 58.8 Å². The van der Waals surface area contributed by atoms with Gasteiger partial charge in [-0.25, -0.2) is 9.69 Å². The fraction of sp³-hybridized carbons (Fsp3) is 0.190. The second kappa shape index (κ2) is 8.05. The lowest BCUT2D eigenvalue weighted by molar-refractivity contribution is -0.127. The Labute approximate surface area is 167 Å². The third-order valence-electron chi connectivity index (χ3n) is 4.46. The highest BCUT2D eigenvalue weighted by molar-refractivity contribution is 6.15. The fourth-order valence-electron chi connectivity index (χ4n) is 2.97. The molecule has 0 bridgehead atoms. The molecule has 1 aliphatic heterocycles. The standard InChI is InChI=1S/C21H21N3O5/c1-12-8-14(9-13(2)19(12)26)10-17-20(27)24(21(28)23-17)11-18(25)22-15-4-6-16(29-3)7-5-15/h4-10,26H,11H2,1-3H3,(H,22,25)(H,23,28). The summed E-state index contributed by atoms with van der Waals surface area (Å²) in [6, 6.07) is 9.42. The van der Waals surface area contributed by atoms with E-state index in [0.29, 0.717) is 28.1 Å². The van der Waals surface area contributed by atoms with Crippen molar-refractivity contribution >= 4 is 29.6 Å². The number of amides is 4. The molecule has 1 fully saturated rings. The molecule has 1 heterocycles. The maximum Gasteiger partial charge on any atom is 0.329 e. The predicted octanol–water partition coefficient (Wildman–Crippen LogP) is 2.55. The van der Waals surface area contributed by atoms with Crippen LogP contribution in [0.5, 0.6) is 11.5 Å². The number of aryl methyl sites for hydroxylation is 2. The topological polar surface area (TPSA) is 108 Å². The molecule has 2 aromatic carbocycles. The number of hydrogen-bond donors (Lipinski definition) is 3. The minimum Gasteiger partial charge on any atom is -0.507 e. The summed E-state index contributed by atoms with van der Waals surface area (Å²) < 4.78 is 5.05. The first kappa shape index (κ1) is 19.9. The van der Waals surface area contributed by atoms with Crippen molar-refractivity contribution in [2.24, 2.45) is 0 Å². The molecule has 0 atom stereocenters. The third kappa shape index (κ3) is 4.37. The van der Waals surface area contributed by atoms with Gasteiger partial charge in [0.1, 0.15) is 23.7 Å². The number of benzene rings is 2. The zero-order valence-corrected chi connectivity index (χ0v) is 16.3. The lowest BCUT2D eigenvalue weighted by Crippen LogP contribution is -2.38. The minimum atomic E-state index is -0.668. The lowest BCUT2D eigenvalue weighted by Gasteiger charge is -2.12. The molecule has 0 radical (unpaired) electrons.